The highest BCUT2D eigenvalue weighted by Gasteiger charge is 2.32. The Morgan fingerprint density at radius 3 is 1.26 bits per heavy atom. The molecular weight excluding hydrogens is 546 g/mol. The molecule has 0 spiro atoms. The van der Waals surface area contributed by atoms with Crippen molar-refractivity contribution < 1.29 is 31.1 Å². The van der Waals surface area contributed by atoms with Crippen molar-refractivity contribution in [2.24, 2.45) is 0 Å². The van der Waals surface area contributed by atoms with Crippen LogP contribution in [0.5, 0.6) is 0 Å². The van der Waals surface area contributed by atoms with Crippen LogP contribution in [0.4, 0.5) is 26.3 Å². The lowest BCUT2D eigenvalue weighted by Gasteiger charge is -2.15. The number of nitrogens with zero attached hydrogens (tertiary/aromatic N) is 2. The van der Waals surface area contributed by atoms with Gasteiger partial charge in [-0.25, -0.2) is 9.97 Å². The Hall–Kier alpha value is -3.05. The van der Waals surface area contributed by atoms with Gasteiger partial charge in [0, 0.05) is 20.9 Å². The van der Waals surface area contributed by atoms with E-state index in [0.29, 0.717) is 32.5 Å². The summed E-state index contributed by atoms with van der Waals surface area (Å²) >= 11 is 2.53. The minimum atomic E-state index is -4.43. The Morgan fingerprint density at radius 1 is 0.658 bits per heavy atom. The maximum atomic E-state index is 13.5. The van der Waals surface area contributed by atoms with E-state index in [0.717, 1.165) is 34.0 Å². The van der Waals surface area contributed by atoms with Crippen LogP contribution in [0, 0.1) is 13.8 Å². The fraction of sp³-hybridized carbons (Fsp3) is 0.296. The van der Waals surface area contributed by atoms with Crippen LogP contribution in [0.3, 0.4) is 0 Å². The van der Waals surface area contributed by atoms with Crippen molar-refractivity contribution in [1.82, 2.24) is 9.97 Å². The quantitative estimate of drug-likeness (QED) is 0.218. The molecule has 0 N–H and O–H groups in total. The first kappa shape index (κ1) is 28.0. The van der Waals surface area contributed by atoms with Gasteiger partial charge >= 0.3 is 12.4 Å². The molecule has 2 atom stereocenters. The molecule has 0 radical (unpaired) electrons. The predicted octanol–water partition coefficient (Wildman–Crippen LogP) is 9.06. The van der Waals surface area contributed by atoms with E-state index in [4.69, 9.17) is 0 Å². The maximum absolute atomic E-state index is 13.5. The second-order valence-electron chi connectivity index (χ2n) is 8.93. The monoisotopic (exact) mass is 568 g/mol. The minimum absolute atomic E-state index is 0.0820. The number of aromatic nitrogens is 2. The minimum Gasteiger partial charge on any atom is -0.298 e. The van der Waals surface area contributed by atoms with E-state index >= 15 is 0 Å². The summed E-state index contributed by atoms with van der Waals surface area (Å²) in [7, 11) is 0. The van der Waals surface area contributed by atoms with Crippen LogP contribution in [0.2, 0.25) is 0 Å². The second-order valence-corrected chi connectivity index (χ2v) is 11.0. The van der Waals surface area contributed by atoms with Crippen LogP contribution in [0.1, 0.15) is 58.0 Å². The fourth-order valence-electron chi connectivity index (χ4n) is 4.10. The number of carbonyl (C=O) groups excluding carboxylic acids is 1. The SMILES string of the molecule is Cc1nc(-c2ccc(C(F)(F)F)cc2)sc1C(C)C(=O)C(C)c1sc(-c2ccc(C(F)(F)F)cc2)nc1C. The standard InChI is InChI=1S/C27H22F6N2OS2/c1-13(22-15(3)34-24(37-22)17-5-9-19(10-6-17)26(28,29)30)21(36)14(2)23-16(4)35-25(38-23)18-7-11-20(12-8-18)27(31,32)33/h5-14H,1-4H3. The van der Waals surface area contributed by atoms with Gasteiger partial charge in [-0.15, -0.1) is 22.7 Å². The van der Waals surface area contributed by atoms with Gasteiger partial charge in [-0.3, -0.25) is 4.79 Å². The number of hydrogen-bond donors (Lipinski definition) is 0. The summed E-state index contributed by atoms with van der Waals surface area (Å²) < 4.78 is 77.3. The van der Waals surface area contributed by atoms with Crippen LogP contribution in [0.25, 0.3) is 21.1 Å². The molecule has 0 aliphatic carbocycles. The van der Waals surface area contributed by atoms with Gasteiger partial charge in [0.1, 0.15) is 15.8 Å². The highest BCUT2D eigenvalue weighted by atomic mass is 32.1. The molecule has 11 heteroatoms. The zero-order chi connectivity index (χ0) is 28.0. The van der Waals surface area contributed by atoms with Crippen LogP contribution < -0.4 is 0 Å². The molecule has 0 saturated heterocycles. The Labute approximate surface area is 223 Å². The van der Waals surface area contributed by atoms with E-state index in [1.807, 2.05) is 0 Å². The van der Waals surface area contributed by atoms with Crippen molar-refractivity contribution in [3.63, 3.8) is 0 Å². The van der Waals surface area contributed by atoms with Gasteiger partial charge in [0.2, 0.25) is 0 Å². The zero-order valence-electron chi connectivity index (χ0n) is 20.7. The summed E-state index contributed by atoms with van der Waals surface area (Å²) in [5.41, 5.74) is 0.827. The highest BCUT2D eigenvalue weighted by Crippen LogP contribution is 2.40. The first-order valence-electron chi connectivity index (χ1n) is 11.5. The van der Waals surface area contributed by atoms with Gasteiger partial charge in [0.05, 0.1) is 34.4 Å². The van der Waals surface area contributed by atoms with Gasteiger partial charge in [0.15, 0.2) is 0 Å². The smallest absolute Gasteiger partial charge is 0.298 e. The van der Waals surface area contributed by atoms with E-state index in [-0.39, 0.29) is 5.78 Å². The summed E-state index contributed by atoms with van der Waals surface area (Å²) in [6.07, 6.45) is -8.86. The number of thiazole rings is 2. The average Bonchev–Trinajstić information content (AvgIpc) is 3.44. The molecule has 2 unspecified atom stereocenters. The topological polar surface area (TPSA) is 42.9 Å². The maximum Gasteiger partial charge on any atom is 0.416 e. The molecule has 38 heavy (non-hydrogen) atoms. The zero-order valence-corrected chi connectivity index (χ0v) is 22.3. The molecule has 2 aromatic heterocycles. The van der Waals surface area contributed by atoms with Gasteiger partial charge in [0.25, 0.3) is 0 Å². The predicted molar refractivity (Wildman–Crippen MR) is 136 cm³/mol. The molecule has 0 saturated carbocycles. The number of aryl methyl sites for hydroxylation is 2. The van der Waals surface area contributed by atoms with E-state index in [2.05, 4.69) is 9.97 Å². The van der Waals surface area contributed by atoms with Crippen LogP contribution in [0.15, 0.2) is 48.5 Å². The van der Waals surface area contributed by atoms with Crippen LogP contribution in [-0.4, -0.2) is 15.8 Å². The molecule has 200 valence electrons. The molecule has 2 heterocycles. The molecule has 0 bridgehead atoms. The molecule has 0 aliphatic rings. The number of halogens is 6. The third kappa shape index (κ3) is 5.68. The molecule has 4 aromatic rings. The largest absolute Gasteiger partial charge is 0.416 e. The number of Topliss-reactive ketones (excluding diaryl/α,β-unsaturated/α-hetero) is 1. The third-order valence-electron chi connectivity index (χ3n) is 6.22. The van der Waals surface area contributed by atoms with Crippen molar-refractivity contribution in [2.45, 2.75) is 51.9 Å². The van der Waals surface area contributed by atoms with Crippen LogP contribution >= 0.6 is 22.7 Å². The molecule has 3 nitrogen and oxygen atoms in total. The summed E-state index contributed by atoms with van der Waals surface area (Å²) in [4.78, 5) is 23.9. The fourth-order valence-corrected chi connectivity index (χ4v) is 6.37. The van der Waals surface area contributed by atoms with E-state index < -0.39 is 35.3 Å². The van der Waals surface area contributed by atoms with Gasteiger partial charge < -0.3 is 0 Å². The normalized spacial score (nSPS) is 13.9. The number of carbonyl (C=O) groups is 1. The average molecular weight is 569 g/mol. The highest BCUT2D eigenvalue weighted by molar-refractivity contribution is 7.15. The molecule has 2 aromatic carbocycles. The van der Waals surface area contributed by atoms with E-state index in [9.17, 15) is 31.1 Å². The Morgan fingerprint density at radius 2 is 0.974 bits per heavy atom. The first-order chi connectivity index (χ1) is 17.7. The Balaban J connectivity index is 1.55. The molecular formula is C27H22F6N2OS2. The van der Waals surface area contributed by atoms with Crippen LogP contribution in [-0.2, 0) is 17.1 Å². The van der Waals surface area contributed by atoms with Gasteiger partial charge in [-0.05, 0) is 38.1 Å². The molecule has 0 aliphatic heterocycles. The van der Waals surface area contributed by atoms with Crippen molar-refractivity contribution in [3.8, 4) is 21.1 Å². The number of hydrogen-bond acceptors (Lipinski definition) is 5. The van der Waals surface area contributed by atoms with Gasteiger partial charge in [-0.1, -0.05) is 38.1 Å². The lowest BCUT2D eigenvalue weighted by atomic mass is 9.92. The third-order valence-corrected chi connectivity index (χ3v) is 9.00. The number of alkyl halides is 6. The number of rotatable bonds is 6. The lowest BCUT2D eigenvalue weighted by Crippen LogP contribution is -2.16. The Bertz CT molecular complexity index is 1340. The summed E-state index contributed by atoms with van der Waals surface area (Å²) in [6.45, 7) is 7.05. The molecule has 0 amide bonds. The van der Waals surface area contributed by atoms with E-state index in [1.54, 1.807) is 27.7 Å². The summed E-state index contributed by atoms with van der Waals surface area (Å²) in [6, 6.07) is 9.47. The summed E-state index contributed by atoms with van der Waals surface area (Å²) in [5, 5.41) is 1.05. The second kappa shape index (κ2) is 10.3. The summed E-state index contributed by atoms with van der Waals surface area (Å²) in [5.74, 6) is -1.13. The van der Waals surface area contributed by atoms with Crippen molar-refractivity contribution in [2.75, 3.05) is 0 Å². The van der Waals surface area contributed by atoms with Crippen molar-refractivity contribution in [1.29, 1.82) is 0 Å². The van der Waals surface area contributed by atoms with Crippen molar-refractivity contribution >= 4 is 28.5 Å². The molecule has 4 rings (SSSR count). The van der Waals surface area contributed by atoms with Crippen molar-refractivity contribution in [3.05, 3.63) is 80.8 Å². The number of benzene rings is 2. The van der Waals surface area contributed by atoms with Gasteiger partial charge in [-0.2, -0.15) is 26.3 Å². The molecule has 0 fully saturated rings. The van der Waals surface area contributed by atoms with E-state index in [1.165, 1.54) is 46.9 Å². The lowest BCUT2D eigenvalue weighted by molar-refractivity contribution is -0.138. The Kier molecular flexibility index (Phi) is 7.55. The first-order valence-corrected chi connectivity index (χ1v) is 13.1. The number of ketones is 1.